The number of amides is 1. The number of hydrogen-bond donors (Lipinski definition) is 1. The van der Waals surface area contributed by atoms with E-state index in [-0.39, 0.29) is 5.91 Å². The second kappa shape index (κ2) is 14.3. The third kappa shape index (κ3) is 13.4. The molecule has 1 amide bonds. The topological polar surface area (TPSA) is 40.5 Å². The van der Waals surface area contributed by atoms with E-state index < -0.39 is 6.23 Å². The van der Waals surface area contributed by atoms with Crippen LogP contribution in [-0.4, -0.2) is 29.2 Å². The lowest BCUT2D eigenvalue weighted by Crippen LogP contribution is -2.33. The van der Waals surface area contributed by atoms with Crippen LogP contribution in [0.1, 0.15) is 99.3 Å². The number of rotatable bonds is 14. The Morgan fingerprint density at radius 3 is 1.81 bits per heavy atom. The van der Waals surface area contributed by atoms with E-state index in [1.54, 1.807) is 20.0 Å². The molecule has 0 rings (SSSR count). The maximum absolute atomic E-state index is 11.9. The quantitative estimate of drug-likeness (QED) is 0.295. The Bertz CT molecular complexity index is 401. The van der Waals surface area contributed by atoms with Crippen LogP contribution in [0.25, 0.3) is 0 Å². The van der Waals surface area contributed by atoms with Crippen LogP contribution < -0.4 is 0 Å². The van der Waals surface area contributed by atoms with Crippen LogP contribution in [0.2, 0.25) is 0 Å². The van der Waals surface area contributed by atoms with Gasteiger partial charge in [-0.25, -0.2) is 0 Å². The summed E-state index contributed by atoms with van der Waals surface area (Å²) in [4.78, 5) is 13.3. The van der Waals surface area contributed by atoms with Gasteiger partial charge in [-0.15, -0.1) is 0 Å². The predicted molar refractivity (Wildman–Crippen MR) is 113 cm³/mol. The van der Waals surface area contributed by atoms with Gasteiger partial charge in [0.25, 0.3) is 0 Å². The first kappa shape index (κ1) is 25.2. The van der Waals surface area contributed by atoms with Gasteiger partial charge in [0.15, 0.2) is 0 Å². The lowest BCUT2D eigenvalue weighted by molar-refractivity contribution is -0.132. The smallest absolute Gasteiger partial charge is 0.248 e. The standard InChI is InChI=1S/C23H45NO2/c1-18(2)11-8-12-19(3)13-9-14-20(4)15-10-16-21(5)17-23(26)24(7)22(6)25/h17-20,22,25H,8-16H2,1-7H3. The average molecular weight is 368 g/mol. The van der Waals surface area contributed by atoms with E-state index in [2.05, 4.69) is 27.7 Å². The van der Waals surface area contributed by atoms with Crippen molar-refractivity contribution in [3.05, 3.63) is 11.6 Å². The van der Waals surface area contributed by atoms with Crippen molar-refractivity contribution < 1.29 is 9.90 Å². The van der Waals surface area contributed by atoms with Gasteiger partial charge in [-0.1, -0.05) is 78.2 Å². The molecule has 26 heavy (non-hydrogen) atoms. The summed E-state index contributed by atoms with van der Waals surface area (Å²) in [5, 5.41) is 9.42. The highest BCUT2D eigenvalue weighted by Gasteiger charge is 2.11. The van der Waals surface area contributed by atoms with Gasteiger partial charge in [-0.3, -0.25) is 4.79 Å². The lowest BCUT2D eigenvalue weighted by Gasteiger charge is -2.18. The summed E-state index contributed by atoms with van der Waals surface area (Å²) >= 11 is 0. The molecule has 0 aromatic rings. The Kier molecular flexibility index (Phi) is 13.8. The Labute approximate surface area is 163 Å². The normalized spacial score (nSPS) is 15.8. The summed E-state index contributed by atoms with van der Waals surface area (Å²) in [7, 11) is 1.63. The van der Waals surface area contributed by atoms with Crippen molar-refractivity contribution in [2.45, 2.75) is 106 Å². The number of carbonyl (C=O) groups excluding carboxylic acids is 1. The second-order valence-corrected chi connectivity index (χ2v) is 8.93. The fourth-order valence-corrected chi connectivity index (χ4v) is 3.28. The summed E-state index contributed by atoms with van der Waals surface area (Å²) in [5.74, 6) is 2.35. The molecule has 0 aromatic carbocycles. The first-order chi connectivity index (χ1) is 12.1. The fraction of sp³-hybridized carbons (Fsp3) is 0.870. The van der Waals surface area contributed by atoms with E-state index >= 15 is 0 Å². The minimum Gasteiger partial charge on any atom is -0.374 e. The molecule has 0 heterocycles. The fourth-order valence-electron chi connectivity index (χ4n) is 3.28. The largest absolute Gasteiger partial charge is 0.374 e. The van der Waals surface area contributed by atoms with E-state index in [0.717, 1.165) is 36.2 Å². The Morgan fingerprint density at radius 2 is 1.35 bits per heavy atom. The molecule has 3 heteroatoms. The Hall–Kier alpha value is -0.830. The van der Waals surface area contributed by atoms with Crippen LogP contribution in [0.5, 0.6) is 0 Å². The summed E-state index contributed by atoms with van der Waals surface area (Å²) in [5.41, 5.74) is 1.11. The van der Waals surface area contributed by atoms with Crippen molar-refractivity contribution in [2.75, 3.05) is 7.05 Å². The predicted octanol–water partition coefficient (Wildman–Crippen LogP) is 6.17. The number of aliphatic hydroxyl groups excluding tert-OH is 1. The molecule has 1 N–H and O–H groups in total. The second-order valence-electron chi connectivity index (χ2n) is 8.93. The van der Waals surface area contributed by atoms with Gasteiger partial charge in [0.05, 0.1) is 0 Å². The Balaban J connectivity index is 3.85. The maximum Gasteiger partial charge on any atom is 0.248 e. The lowest BCUT2D eigenvalue weighted by atomic mass is 9.91. The summed E-state index contributed by atoms with van der Waals surface area (Å²) < 4.78 is 0. The molecule has 0 bridgehead atoms. The van der Waals surface area contributed by atoms with E-state index in [1.165, 1.54) is 49.8 Å². The number of hydrogen-bond acceptors (Lipinski definition) is 2. The number of allylic oxidation sites excluding steroid dienone is 1. The SMILES string of the molecule is CC(=CC(=O)N(C)C(C)O)CCCC(C)CCCC(C)CCCC(C)C. The van der Waals surface area contributed by atoms with Crippen molar-refractivity contribution in [3.8, 4) is 0 Å². The number of nitrogens with zero attached hydrogens (tertiary/aromatic N) is 1. The molecule has 3 atom stereocenters. The van der Waals surface area contributed by atoms with Crippen LogP contribution in [0.3, 0.4) is 0 Å². The van der Waals surface area contributed by atoms with E-state index in [4.69, 9.17) is 0 Å². The molecule has 0 aromatic heterocycles. The number of likely N-dealkylation sites (N-methyl/N-ethyl adjacent to an activating group) is 1. The Morgan fingerprint density at radius 1 is 0.885 bits per heavy atom. The third-order valence-corrected chi connectivity index (χ3v) is 5.42. The molecular formula is C23H45NO2. The minimum absolute atomic E-state index is 0.114. The zero-order chi connectivity index (χ0) is 20.1. The van der Waals surface area contributed by atoms with Crippen molar-refractivity contribution in [2.24, 2.45) is 17.8 Å². The average Bonchev–Trinajstić information content (AvgIpc) is 2.53. The van der Waals surface area contributed by atoms with Crippen LogP contribution in [0, 0.1) is 17.8 Å². The van der Waals surface area contributed by atoms with Crippen molar-refractivity contribution in [1.82, 2.24) is 4.90 Å². The monoisotopic (exact) mass is 367 g/mol. The van der Waals surface area contributed by atoms with E-state index in [9.17, 15) is 9.90 Å². The molecule has 3 nitrogen and oxygen atoms in total. The van der Waals surface area contributed by atoms with Crippen LogP contribution in [0.15, 0.2) is 11.6 Å². The minimum atomic E-state index is -0.737. The highest BCUT2D eigenvalue weighted by molar-refractivity contribution is 5.88. The van der Waals surface area contributed by atoms with Gasteiger partial charge in [0.1, 0.15) is 6.23 Å². The molecule has 0 aliphatic carbocycles. The van der Waals surface area contributed by atoms with Crippen molar-refractivity contribution in [1.29, 1.82) is 0 Å². The summed E-state index contributed by atoms with van der Waals surface area (Å²) in [6.45, 7) is 13.0. The molecule has 154 valence electrons. The number of aliphatic hydroxyl groups is 1. The van der Waals surface area contributed by atoms with Gasteiger partial charge in [0.2, 0.25) is 5.91 Å². The first-order valence-electron chi connectivity index (χ1n) is 10.8. The summed E-state index contributed by atoms with van der Waals surface area (Å²) in [6, 6.07) is 0. The van der Waals surface area contributed by atoms with Crippen molar-refractivity contribution in [3.63, 3.8) is 0 Å². The van der Waals surface area contributed by atoms with Crippen LogP contribution in [0.4, 0.5) is 0 Å². The molecule has 0 aliphatic heterocycles. The molecule has 0 aliphatic rings. The van der Waals surface area contributed by atoms with Gasteiger partial charge in [-0.05, 0) is 44.4 Å². The molecule has 0 saturated carbocycles. The van der Waals surface area contributed by atoms with Gasteiger partial charge in [-0.2, -0.15) is 0 Å². The third-order valence-electron chi connectivity index (χ3n) is 5.42. The van der Waals surface area contributed by atoms with Gasteiger partial charge >= 0.3 is 0 Å². The number of carbonyl (C=O) groups is 1. The first-order valence-corrected chi connectivity index (χ1v) is 10.8. The summed E-state index contributed by atoms with van der Waals surface area (Å²) in [6.07, 6.45) is 12.4. The van der Waals surface area contributed by atoms with Crippen LogP contribution in [-0.2, 0) is 4.79 Å². The highest BCUT2D eigenvalue weighted by Crippen LogP contribution is 2.22. The molecular weight excluding hydrogens is 322 g/mol. The highest BCUT2D eigenvalue weighted by atomic mass is 16.3. The molecule has 0 spiro atoms. The van der Waals surface area contributed by atoms with E-state index in [1.807, 2.05) is 6.92 Å². The van der Waals surface area contributed by atoms with Gasteiger partial charge in [0, 0.05) is 13.1 Å². The molecule has 0 saturated heterocycles. The maximum atomic E-state index is 11.9. The van der Waals surface area contributed by atoms with Gasteiger partial charge < -0.3 is 10.0 Å². The molecule has 3 unspecified atom stereocenters. The molecule has 0 fully saturated rings. The van der Waals surface area contributed by atoms with Crippen molar-refractivity contribution >= 4 is 5.91 Å². The zero-order valence-electron chi connectivity index (χ0n) is 18.6. The zero-order valence-corrected chi connectivity index (χ0v) is 18.6. The molecule has 0 radical (unpaired) electrons. The van der Waals surface area contributed by atoms with Crippen LogP contribution >= 0.6 is 0 Å². The van der Waals surface area contributed by atoms with E-state index in [0.29, 0.717) is 0 Å².